The fraction of sp³-hybridized carbons (Fsp3) is 0.400. The van der Waals surface area contributed by atoms with Crippen LogP contribution in [0.5, 0.6) is 0 Å². The maximum absolute atomic E-state index is 11.0. The van der Waals surface area contributed by atoms with Gasteiger partial charge in [0, 0.05) is 10.8 Å². The van der Waals surface area contributed by atoms with E-state index in [0.717, 1.165) is 24.7 Å². The average molecular weight is 228 g/mol. The van der Waals surface area contributed by atoms with Crippen LogP contribution in [0.2, 0.25) is 0 Å². The second kappa shape index (κ2) is 3.00. The van der Waals surface area contributed by atoms with Crippen molar-refractivity contribution in [2.75, 3.05) is 0 Å². The van der Waals surface area contributed by atoms with E-state index in [-0.39, 0.29) is 10.8 Å². The summed E-state index contributed by atoms with van der Waals surface area (Å²) in [6.45, 7) is 4.35. The summed E-state index contributed by atoms with van der Waals surface area (Å²) in [5.41, 5.74) is 3.17. The summed E-state index contributed by atoms with van der Waals surface area (Å²) in [6, 6.07) is 0. The number of rotatable bonds is 1. The zero-order chi connectivity index (χ0) is 12.3. The number of carbonyl (C=O) groups excluding carboxylic acids is 1. The molecule has 2 unspecified atom stereocenters. The number of hydrogen-bond acceptors (Lipinski definition) is 2. The number of aliphatic hydroxyl groups excluding tert-OH is 1. The molecule has 0 amide bonds. The molecule has 0 aromatic rings. The van der Waals surface area contributed by atoms with Crippen molar-refractivity contribution < 1.29 is 9.90 Å². The fourth-order valence-corrected chi connectivity index (χ4v) is 3.39. The van der Waals surface area contributed by atoms with E-state index in [4.69, 9.17) is 0 Å². The molecule has 2 heteroatoms. The molecule has 3 aliphatic carbocycles. The van der Waals surface area contributed by atoms with Crippen LogP contribution in [0, 0.1) is 10.8 Å². The monoisotopic (exact) mass is 228 g/mol. The Hall–Kier alpha value is -1.57. The van der Waals surface area contributed by atoms with Crippen molar-refractivity contribution in [2.24, 2.45) is 10.8 Å². The quantitative estimate of drug-likeness (QED) is 0.699. The minimum absolute atomic E-state index is 0.0377. The van der Waals surface area contributed by atoms with Crippen LogP contribution >= 0.6 is 0 Å². The van der Waals surface area contributed by atoms with Gasteiger partial charge in [0.15, 0.2) is 0 Å². The van der Waals surface area contributed by atoms with Crippen LogP contribution in [-0.2, 0) is 4.79 Å². The molecule has 0 spiro atoms. The highest BCUT2D eigenvalue weighted by molar-refractivity contribution is 5.76. The van der Waals surface area contributed by atoms with E-state index in [1.807, 2.05) is 18.2 Å². The van der Waals surface area contributed by atoms with Crippen LogP contribution in [0.25, 0.3) is 0 Å². The molecule has 0 saturated carbocycles. The van der Waals surface area contributed by atoms with Crippen LogP contribution in [-0.4, -0.2) is 11.4 Å². The second-order valence-electron chi connectivity index (χ2n) is 5.58. The highest BCUT2D eigenvalue weighted by atomic mass is 16.3. The summed E-state index contributed by atoms with van der Waals surface area (Å²) in [5.74, 6) is 0.352. The first kappa shape index (κ1) is 10.6. The third-order valence-electron chi connectivity index (χ3n) is 4.70. The molecule has 0 aliphatic heterocycles. The molecular weight excluding hydrogens is 212 g/mol. The van der Waals surface area contributed by atoms with Gasteiger partial charge in [0.25, 0.3) is 0 Å². The lowest BCUT2D eigenvalue weighted by molar-refractivity contribution is -0.105. The third-order valence-corrected chi connectivity index (χ3v) is 4.70. The minimum Gasteiger partial charge on any atom is -0.508 e. The first-order valence-electron chi connectivity index (χ1n) is 6.01. The van der Waals surface area contributed by atoms with Crippen molar-refractivity contribution in [2.45, 2.75) is 26.7 Å². The first-order chi connectivity index (χ1) is 7.99. The van der Waals surface area contributed by atoms with Crippen molar-refractivity contribution >= 4 is 6.29 Å². The molecule has 0 saturated heterocycles. The lowest BCUT2D eigenvalue weighted by Crippen LogP contribution is -2.47. The lowest BCUT2D eigenvalue weighted by atomic mass is 9.48. The molecule has 88 valence electrons. The predicted molar refractivity (Wildman–Crippen MR) is 66.5 cm³/mol. The van der Waals surface area contributed by atoms with Crippen LogP contribution in [0.3, 0.4) is 0 Å². The smallest absolute Gasteiger partial charge is 0.146 e. The second-order valence-corrected chi connectivity index (χ2v) is 5.58. The fourth-order valence-electron chi connectivity index (χ4n) is 3.39. The van der Waals surface area contributed by atoms with Gasteiger partial charge >= 0.3 is 0 Å². The Morgan fingerprint density at radius 3 is 2.71 bits per heavy atom. The Labute approximate surface area is 101 Å². The highest BCUT2D eigenvalue weighted by Crippen LogP contribution is 2.64. The lowest BCUT2D eigenvalue weighted by Gasteiger charge is -2.55. The molecule has 2 atom stereocenters. The summed E-state index contributed by atoms with van der Waals surface area (Å²) in [6.07, 6.45) is 10.5. The molecular formula is C15H16O2. The SMILES string of the molecule is CC12C=C(O)C=C3CCC(C=O)=CC(=C1)C32C. The van der Waals surface area contributed by atoms with Crippen molar-refractivity contribution in [1.82, 2.24) is 0 Å². The van der Waals surface area contributed by atoms with Gasteiger partial charge in [-0.2, -0.15) is 0 Å². The van der Waals surface area contributed by atoms with Crippen molar-refractivity contribution in [3.05, 3.63) is 46.8 Å². The molecule has 1 N–H and O–H groups in total. The Kier molecular flexibility index (Phi) is 1.87. The standard InChI is InChI=1S/C15H16O2/c1-14-7-12-5-10(9-16)3-4-11(15(12,14)2)6-13(17)8-14/h5-9,17H,3-4H2,1-2H3. The summed E-state index contributed by atoms with van der Waals surface area (Å²) in [7, 11) is 0. The summed E-state index contributed by atoms with van der Waals surface area (Å²) in [5, 5.41) is 9.81. The topological polar surface area (TPSA) is 37.3 Å². The van der Waals surface area contributed by atoms with E-state index in [2.05, 4.69) is 19.9 Å². The van der Waals surface area contributed by atoms with Gasteiger partial charge in [-0.3, -0.25) is 4.79 Å². The van der Waals surface area contributed by atoms with Crippen molar-refractivity contribution in [3.8, 4) is 0 Å². The number of allylic oxidation sites excluding steroid dienone is 7. The van der Waals surface area contributed by atoms with Gasteiger partial charge in [-0.15, -0.1) is 0 Å². The minimum atomic E-state index is -0.106. The molecule has 0 bridgehead atoms. The zero-order valence-corrected chi connectivity index (χ0v) is 10.2. The van der Waals surface area contributed by atoms with Crippen molar-refractivity contribution in [3.63, 3.8) is 0 Å². The van der Waals surface area contributed by atoms with Gasteiger partial charge in [0.2, 0.25) is 0 Å². The van der Waals surface area contributed by atoms with Gasteiger partial charge in [-0.1, -0.05) is 31.6 Å². The Balaban J connectivity index is 2.19. The van der Waals surface area contributed by atoms with Crippen LogP contribution in [0.15, 0.2) is 46.8 Å². The zero-order valence-electron chi connectivity index (χ0n) is 10.2. The number of hydrogen-bond donors (Lipinski definition) is 1. The molecule has 17 heavy (non-hydrogen) atoms. The van der Waals surface area contributed by atoms with Gasteiger partial charge in [-0.25, -0.2) is 0 Å². The van der Waals surface area contributed by atoms with E-state index in [0.29, 0.717) is 5.76 Å². The molecule has 3 aliphatic rings. The van der Waals surface area contributed by atoms with Gasteiger partial charge in [0.1, 0.15) is 12.0 Å². The molecule has 2 nitrogen and oxygen atoms in total. The van der Waals surface area contributed by atoms with Gasteiger partial charge < -0.3 is 5.11 Å². The van der Waals surface area contributed by atoms with E-state index in [9.17, 15) is 9.90 Å². The van der Waals surface area contributed by atoms with Crippen molar-refractivity contribution in [1.29, 1.82) is 0 Å². The van der Waals surface area contributed by atoms with E-state index >= 15 is 0 Å². The van der Waals surface area contributed by atoms with E-state index in [1.165, 1.54) is 11.1 Å². The van der Waals surface area contributed by atoms with Crippen LogP contribution in [0.1, 0.15) is 26.7 Å². The van der Waals surface area contributed by atoms with E-state index in [1.54, 1.807) is 0 Å². The van der Waals surface area contributed by atoms with Gasteiger partial charge in [0.05, 0.1) is 0 Å². The normalized spacial score (nSPS) is 38.7. The molecule has 0 aromatic heterocycles. The van der Waals surface area contributed by atoms with E-state index < -0.39 is 0 Å². The van der Waals surface area contributed by atoms with Crippen LogP contribution in [0.4, 0.5) is 0 Å². The highest BCUT2D eigenvalue weighted by Gasteiger charge is 2.55. The maximum Gasteiger partial charge on any atom is 0.146 e. The number of carbonyl (C=O) groups is 1. The molecule has 0 fully saturated rings. The Bertz CT molecular complexity index is 533. The average Bonchev–Trinajstić information content (AvgIpc) is 2.40. The largest absolute Gasteiger partial charge is 0.508 e. The number of aldehydes is 1. The number of aliphatic hydroxyl groups is 1. The molecule has 0 heterocycles. The Morgan fingerprint density at radius 2 is 2.00 bits per heavy atom. The maximum atomic E-state index is 11.0. The molecule has 3 rings (SSSR count). The summed E-state index contributed by atoms with van der Waals surface area (Å²) in [4.78, 5) is 11.0. The molecule has 0 aromatic carbocycles. The molecule has 0 radical (unpaired) electrons. The summed E-state index contributed by atoms with van der Waals surface area (Å²) >= 11 is 0. The Morgan fingerprint density at radius 1 is 1.24 bits per heavy atom. The summed E-state index contributed by atoms with van der Waals surface area (Å²) < 4.78 is 0. The third kappa shape index (κ3) is 1.13. The predicted octanol–water partition coefficient (Wildman–Crippen LogP) is 3.24. The van der Waals surface area contributed by atoms with Crippen LogP contribution < -0.4 is 0 Å². The first-order valence-corrected chi connectivity index (χ1v) is 6.01. The van der Waals surface area contributed by atoms with Gasteiger partial charge in [-0.05, 0) is 36.1 Å².